The van der Waals surface area contributed by atoms with Crippen LogP contribution in [-0.4, -0.2) is 9.97 Å². The number of nitrogens with two attached hydrogens (primary N) is 1. The third kappa shape index (κ3) is 2.77. The molecule has 0 aliphatic heterocycles. The van der Waals surface area contributed by atoms with Crippen LogP contribution < -0.4 is 11.1 Å². The van der Waals surface area contributed by atoms with Gasteiger partial charge in [-0.1, -0.05) is 17.7 Å². The number of aromatic nitrogens is 2. The molecule has 2 heterocycles. The fraction of sp³-hybridized carbons (Fsp3) is 0. The number of benzene rings is 2. The van der Waals surface area contributed by atoms with Crippen LogP contribution in [0.5, 0.6) is 0 Å². The second-order valence-electron chi connectivity index (χ2n) is 5.31. The first-order valence-corrected chi connectivity index (χ1v) is 7.70. The van der Waals surface area contributed by atoms with E-state index in [1.54, 1.807) is 0 Å². The largest absolute Gasteiger partial charge is 0.438 e. The Labute approximate surface area is 143 Å². The Morgan fingerprint density at radius 3 is 2.62 bits per heavy atom. The maximum Gasteiger partial charge on any atom is 0.231 e. The van der Waals surface area contributed by atoms with E-state index in [-0.39, 0.29) is 0 Å². The van der Waals surface area contributed by atoms with Gasteiger partial charge < -0.3 is 15.5 Å². The lowest BCUT2D eigenvalue weighted by Gasteiger charge is -2.05. The van der Waals surface area contributed by atoms with Crippen LogP contribution in [0.2, 0.25) is 5.02 Å². The van der Waals surface area contributed by atoms with Crippen molar-refractivity contribution >= 4 is 39.9 Å². The van der Waals surface area contributed by atoms with Crippen molar-refractivity contribution < 1.29 is 4.42 Å². The minimum absolute atomic E-state index is 0.515. The van der Waals surface area contributed by atoms with Crippen molar-refractivity contribution in [3.8, 4) is 11.3 Å². The molecule has 0 aliphatic rings. The molecule has 24 heavy (non-hydrogen) atoms. The van der Waals surface area contributed by atoms with E-state index >= 15 is 0 Å². The fourth-order valence-electron chi connectivity index (χ4n) is 2.45. The van der Waals surface area contributed by atoms with Crippen LogP contribution in [0.4, 0.5) is 17.2 Å². The van der Waals surface area contributed by atoms with Crippen LogP contribution in [0.15, 0.2) is 65.3 Å². The zero-order valence-electron chi connectivity index (χ0n) is 12.5. The lowest BCUT2D eigenvalue weighted by atomic mass is 10.1. The molecule has 4 aromatic rings. The first-order chi connectivity index (χ1) is 11.7. The van der Waals surface area contributed by atoms with E-state index in [9.17, 15) is 0 Å². The second-order valence-corrected chi connectivity index (χ2v) is 5.75. The third-order valence-electron chi connectivity index (χ3n) is 3.61. The summed E-state index contributed by atoms with van der Waals surface area (Å²) in [6.07, 6.45) is 1.46. The average molecular weight is 337 g/mol. The molecule has 0 bridgehead atoms. The molecule has 0 aliphatic carbocycles. The van der Waals surface area contributed by atoms with Crippen LogP contribution in [0, 0.1) is 0 Å². The van der Waals surface area contributed by atoms with E-state index in [0.717, 1.165) is 16.6 Å². The number of hydrogen-bond acceptors (Lipinski definition) is 5. The number of anilines is 3. The van der Waals surface area contributed by atoms with Crippen LogP contribution in [0.25, 0.3) is 22.4 Å². The molecule has 0 spiro atoms. The Morgan fingerprint density at radius 1 is 1.00 bits per heavy atom. The highest BCUT2D eigenvalue weighted by Crippen LogP contribution is 2.31. The summed E-state index contributed by atoms with van der Waals surface area (Å²) < 4.78 is 5.84. The van der Waals surface area contributed by atoms with Gasteiger partial charge >= 0.3 is 0 Å². The first kappa shape index (κ1) is 14.5. The highest BCUT2D eigenvalue weighted by molar-refractivity contribution is 6.30. The smallest absolute Gasteiger partial charge is 0.231 e. The molecule has 0 saturated carbocycles. The topological polar surface area (TPSA) is 77.0 Å². The fourth-order valence-corrected chi connectivity index (χ4v) is 2.64. The van der Waals surface area contributed by atoms with E-state index in [4.69, 9.17) is 21.8 Å². The first-order valence-electron chi connectivity index (χ1n) is 7.32. The van der Waals surface area contributed by atoms with Crippen LogP contribution >= 0.6 is 11.6 Å². The van der Waals surface area contributed by atoms with Gasteiger partial charge in [-0.3, -0.25) is 0 Å². The minimum Gasteiger partial charge on any atom is -0.438 e. The van der Waals surface area contributed by atoms with Gasteiger partial charge in [0.2, 0.25) is 5.71 Å². The van der Waals surface area contributed by atoms with Gasteiger partial charge in [-0.05, 0) is 48.5 Å². The van der Waals surface area contributed by atoms with Crippen LogP contribution in [-0.2, 0) is 0 Å². The van der Waals surface area contributed by atoms with Gasteiger partial charge in [0.1, 0.15) is 17.9 Å². The van der Waals surface area contributed by atoms with Crippen LogP contribution in [0.3, 0.4) is 0 Å². The molecular weight excluding hydrogens is 324 g/mol. The van der Waals surface area contributed by atoms with Gasteiger partial charge in [0.25, 0.3) is 0 Å². The van der Waals surface area contributed by atoms with Crippen molar-refractivity contribution in [2.75, 3.05) is 11.1 Å². The zero-order valence-corrected chi connectivity index (χ0v) is 13.3. The number of hydrogen-bond donors (Lipinski definition) is 2. The summed E-state index contributed by atoms with van der Waals surface area (Å²) in [6.45, 7) is 0. The third-order valence-corrected chi connectivity index (χ3v) is 3.85. The Kier molecular flexibility index (Phi) is 3.55. The summed E-state index contributed by atoms with van der Waals surface area (Å²) in [5, 5.41) is 4.69. The molecule has 2 aromatic carbocycles. The summed E-state index contributed by atoms with van der Waals surface area (Å²) >= 11 is 6.02. The number of nitrogens with zero attached hydrogens (tertiary/aromatic N) is 2. The SMILES string of the molecule is Nc1ccc(-c2cc3c(Nc4cccc(Cl)c4)ncnc3o2)cc1. The molecule has 0 atom stereocenters. The standard InChI is InChI=1S/C18H13ClN4O/c19-12-2-1-3-14(8-12)23-17-15-9-16(24-18(15)22-10-21-17)11-4-6-13(20)7-5-11/h1-10H,20H2,(H,21,22,23). The molecule has 6 heteroatoms. The number of halogens is 1. The maximum absolute atomic E-state index is 6.02. The van der Waals surface area contributed by atoms with Crippen LogP contribution in [0.1, 0.15) is 0 Å². The molecule has 0 amide bonds. The van der Waals surface area contributed by atoms with Gasteiger partial charge in [-0.25, -0.2) is 9.97 Å². The molecule has 4 rings (SSSR count). The van der Waals surface area contributed by atoms with E-state index in [2.05, 4.69) is 15.3 Å². The summed E-state index contributed by atoms with van der Waals surface area (Å²) in [4.78, 5) is 8.50. The van der Waals surface area contributed by atoms with E-state index < -0.39 is 0 Å². The number of nitrogens with one attached hydrogen (secondary N) is 1. The highest BCUT2D eigenvalue weighted by Gasteiger charge is 2.12. The zero-order chi connectivity index (χ0) is 16.5. The Hall–Kier alpha value is -3.05. The van der Waals surface area contributed by atoms with Crippen molar-refractivity contribution in [3.63, 3.8) is 0 Å². The number of furan rings is 1. The summed E-state index contributed by atoms with van der Waals surface area (Å²) in [5.41, 5.74) is 8.72. The minimum atomic E-state index is 0.515. The van der Waals surface area contributed by atoms with Crippen molar-refractivity contribution in [3.05, 3.63) is 65.9 Å². The van der Waals surface area contributed by atoms with Crippen molar-refractivity contribution in [1.29, 1.82) is 0 Å². The molecule has 5 nitrogen and oxygen atoms in total. The summed E-state index contributed by atoms with van der Waals surface area (Å²) in [5.74, 6) is 1.37. The number of fused-ring (bicyclic) bond motifs is 1. The Bertz CT molecular complexity index is 1010. The molecule has 0 unspecified atom stereocenters. The Balaban J connectivity index is 1.76. The monoisotopic (exact) mass is 336 g/mol. The number of nitrogen functional groups attached to an aromatic ring is 1. The lowest BCUT2D eigenvalue weighted by molar-refractivity contribution is 0.617. The van der Waals surface area contributed by atoms with Gasteiger partial charge in [0, 0.05) is 22.0 Å². The van der Waals surface area contributed by atoms with Crippen molar-refractivity contribution in [1.82, 2.24) is 9.97 Å². The predicted molar refractivity (Wildman–Crippen MR) is 96.4 cm³/mol. The van der Waals surface area contributed by atoms with Gasteiger partial charge in [0.05, 0.1) is 5.39 Å². The summed E-state index contributed by atoms with van der Waals surface area (Å²) in [7, 11) is 0. The maximum atomic E-state index is 6.02. The van der Waals surface area contributed by atoms with E-state index in [1.165, 1.54) is 6.33 Å². The molecule has 3 N–H and O–H groups in total. The Morgan fingerprint density at radius 2 is 1.83 bits per heavy atom. The lowest BCUT2D eigenvalue weighted by Crippen LogP contribution is -1.94. The average Bonchev–Trinajstić information content (AvgIpc) is 3.01. The quantitative estimate of drug-likeness (QED) is 0.522. The summed E-state index contributed by atoms with van der Waals surface area (Å²) in [6, 6.07) is 16.8. The number of rotatable bonds is 3. The predicted octanol–water partition coefficient (Wildman–Crippen LogP) is 4.87. The molecule has 0 saturated heterocycles. The molecule has 0 radical (unpaired) electrons. The van der Waals surface area contributed by atoms with E-state index in [0.29, 0.717) is 28.0 Å². The molecule has 118 valence electrons. The second kappa shape index (κ2) is 5.86. The van der Waals surface area contributed by atoms with Crippen molar-refractivity contribution in [2.24, 2.45) is 0 Å². The molecule has 2 aromatic heterocycles. The highest BCUT2D eigenvalue weighted by atomic mass is 35.5. The van der Waals surface area contributed by atoms with E-state index in [1.807, 2.05) is 54.6 Å². The van der Waals surface area contributed by atoms with Gasteiger partial charge in [-0.2, -0.15) is 0 Å². The van der Waals surface area contributed by atoms with Gasteiger partial charge in [0.15, 0.2) is 0 Å². The normalized spacial score (nSPS) is 10.9. The van der Waals surface area contributed by atoms with Gasteiger partial charge in [-0.15, -0.1) is 0 Å². The molecule has 0 fully saturated rings. The molecular formula is C18H13ClN4O. The van der Waals surface area contributed by atoms with Crippen molar-refractivity contribution in [2.45, 2.75) is 0 Å².